The minimum absolute atomic E-state index is 0.0119. The molecule has 1 saturated heterocycles. The number of amides is 1. The van der Waals surface area contributed by atoms with E-state index >= 15 is 0 Å². The van der Waals surface area contributed by atoms with Crippen LogP contribution in [0.3, 0.4) is 0 Å². The van der Waals surface area contributed by atoms with Crippen LogP contribution < -0.4 is 0 Å². The molecule has 3 rings (SSSR count). The van der Waals surface area contributed by atoms with Crippen LogP contribution in [0.15, 0.2) is 36.7 Å². The molecule has 1 atom stereocenters. The van der Waals surface area contributed by atoms with Crippen LogP contribution >= 0.6 is 0 Å². The normalized spacial score (nSPS) is 17.1. The second kappa shape index (κ2) is 8.06. The Hall–Kier alpha value is -2.21. The van der Waals surface area contributed by atoms with E-state index < -0.39 is 0 Å². The number of rotatable bonds is 7. The first kappa shape index (κ1) is 16.6. The fraction of sp³-hybridized carbons (Fsp3) is 0.500. The highest BCUT2D eigenvalue weighted by Crippen LogP contribution is 2.17. The third kappa shape index (κ3) is 4.00. The third-order valence-corrected chi connectivity index (χ3v) is 4.19. The number of carbonyl (C=O) groups excluding carboxylic acids is 1. The van der Waals surface area contributed by atoms with E-state index in [4.69, 9.17) is 4.74 Å². The molecule has 0 unspecified atom stereocenters. The molecule has 1 amide bonds. The van der Waals surface area contributed by atoms with Crippen molar-refractivity contribution in [1.82, 2.24) is 19.7 Å². The zero-order chi connectivity index (χ0) is 16.8. The molecule has 24 heavy (non-hydrogen) atoms. The van der Waals surface area contributed by atoms with Crippen LogP contribution in [0, 0.1) is 0 Å². The lowest BCUT2D eigenvalue weighted by molar-refractivity contribution is 0.0495. The molecule has 0 aromatic carbocycles. The summed E-state index contributed by atoms with van der Waals surface area (Å²) in [4.78, 5) is 19.3. The maximum Gasteiger partial charge on any atom is 0.272 e. The molecule has 6 heteroatoms. The molecule has 2 aromatic heterocycles. The molecule has 6 nitrogen and oxygen atoms in total. The zero-order valence-electron chi connectivity index (χ0n) is 14.1. The molecule has 0 bridgehead atoms. The third-order valence-electron chi connectivity index (χ3n) is 4.19. The summed E-state index contributed by atoms with van der Waals surface area (Å²) >= 11 is 0. The van der Waals surface area contributed by atoms with E-state index in [2.05, 4.69) is 17.0 Å². The Morgan fingerprint density at radius 2 is 2.29 bits per heavy atom. The van der Waals surface area contributed by atoms with E-state index in [0.717, 1.165) is 38.1 Å². The van der Waals surface area contributed by atoms with Gasteiger partial charge in [0, 0.05) is 32.1 Å². The molecule has 0 aliphatic carbocycles. The minimum Gasteiger partial charge on any atom is -0.376 e. The Morgan fingerprint density at radius 3 is 3.00 bits per heavy atom. The first-order valence-corrected chi connectivity index (χ1v) is 8.60. The van der Waals surface area contributed by atoms with E-state index in [0.29, 0.717) is 18.8 Å². The van der Waals surface area contributed by atoms with Crippen molar-refractivity contribution in [2.75, 3.05) is 13.2 Å². The topological polar surface area (TPSA) is 60.2 Å². The van der Waals surface area contributed by atoms with Crippen molar-refractivity contribution in [1.29, 1.82) is 0 Å². The van der Waals surface area contributed by atoms with E-state index in [1.165, 1.54) is 0 Å². The van der Waals surface area contributed by atoms with Crippen LogP contribution in [0.4, 0.5) is 0 Å². The lowest BCUT2D eigenvalue weighted by Gasteiger charge is -2.25. The molecular formula is C18H24N4O2. The van der Waals surface area contributed by atoms with Crippen molar-refractivity contribution >= 4 is 5.91 Å². The first-order valence-electron chi connectivity index (χ1n) is 8.60. The minimum atomic E-state index is -0.0119. The lowest BCUT2D eigenvalue weighted by atomic mass is 10.2. The van der Waals surface area contributed by atoms with Gasteiger partial charge in [0.15, 0.2) is 0 Å². The predicted molar refractivity (Wildman–Crippen MR) is 90.5 cm³/mol. The average Bonchev–Trinajstić information content (AvgIpc) is 3.27. The van der Waals surface area contributed by atoms with Gasteiger partial charge in [-0.1, -0.05) is 13.0 Å². The van der Waals surface area contributed by atoms with Crippen LogP contribution in [0.1, 0.15) is 42.4 Å². The molecule has 1 fully saturated rings. The number of pyridine rings is 1. The molecule has 2 aromatic rings. The quantitative estimate of drug-likeness (QED) is 0.783. The number of hydrogen-bond donors (Lipinski definition) is 0. The van der Waals surface area contributed by atoms with Crippen molar-refractivity contribution in [3.63, 3.8) is 0 Å². The summed E-state index contributed by atoms with van der Waals surface area (Å²) in [7, 11) is 0. The van der Waals surface area contributed by atoms with E-state index in [-0.39, 0.29) is 12.0 Å². The van der Waals surface area contributed by atoms with E-state index in [1.807, 2.05) is 23.1 Å². The van der Waals surface area contributed by atoms with Gasteiger partial charge in [0.05, 0.1) is 18.3 Å². The van der Waals surface area contributed by atoms with Crippen molar-refractivity contribution in [2.24, 2.45) is 0 Å². The fourth-order valence-corrected chi connectivity index (χ4v) is 3.01. The Kier molecular flexibility index (Phi) is 5.59. The highest BCUT2D eigenvalue weighted by molar-refractivity contribution is 5.92. The summed E-state index contributed by atoms with van der Waals surface area (Å²) in [5, 5.41) is 4.27. The zero-order valence-corrected chi connectivity index (χ0v) is 14.1. The fourth-order valence-electron chi connectivity index (χ4n) is 3.01. The molecule has 0 spiro atoms. The second-order valence-electron chi connectivity index (χ2n) is 6.08. The van der Waals surface area contributed by atoms with Gasteiger partial charge in [-0.3, -0.25) is 14.5 Å². The van der Waals surface area contributed by atoms with Gasteiger partial charge in [-0.15, -0.1) is 0 Å². The van der Waals surface area contributed by atoms with E-state index in [9.17, 15) is 4.79 Å². The molecule has 3 heterocycles. The highest BCUT2D eigenvalue weighted by atomic mass is 16.5. The number of nitrogens with zero attached hydrogens (tertiary/aromatic N) is 4. The highest BCUT2D eigenvalue weighted by Gasteiger charge is 2.25. The Labute approximate surface area is 142 Å². The predicted octanol–water partition coefficient (Wildman–Crippen LogP) is 2.51. The van der Waals surface area contributed by atoms with Crippen LogP contribution in [-0.4, -0.2) is 44.8 Å². The number of aryl methyl sites for hydroxylation is 1. The van der Waals surface area contributed by atoms with Crippen molar-refractivity contribution in [2.45, 2.75) is 45.4 Å². The Morgan fingerprint density at radius 1 is 1.38 bits per heavy atom. The monoisotopic (exact) mass is 328 g/mol. The molecular weight excluding hydrogens is 304 g/mol. The molecule has 128 valence electrons. The maximum atomic E-state index is 13.1. The first-order chi connectivity index (χ1) is 11.8. The standard InChI is InChI=1S/C18H24N4O2/c1-2-11-22-17(8-10-20-22)18(23)21(14-16-7-5-12-24-16)13-15-6-3-4-9-19-15/h3-4,6,8-10,16H,2,5,7,11-14H2,1H3/t16-/m0/s1. The number of hydrogen-bond acceptors (Lipinski definition) is 4. The summed E-state index contributed by atoms with van der Waals surface area (Å²) in [6, 6.07) is 7.56. The molecule has 0 saturated carbocycles. The average molecular weight is 328 g/mol. The van der Waals surface area contributed by atoms with Crippen LogP contribution in [0.25, 0.3) is 0 Å². The van der Waals surface area contributed by atoms with Crippen LogP contribution in [0.5, 0.6) is 0 Å². The number of carbonyl (C=O) groups is 1. The lowest BCUT2D eigenvalue weighted by Crippen LogP contribution is -2.38. The molecule has 1 aliphatic heterocycles. The smallest absolute Gasteiger partial charge is 0.272 e. The number of aromatic nitrogens is 3. The summed E-state index contributed by atoms with van der Waals surface area (Å²) in [5.41, 5.74) is 1.51. The Bertz CT molecular complexity index is 650. The largest absolute Gasteiger partial charge is 0.376 e. The number of ether oxygens (including phenoxy) is 1. The van der Waals surface area contributed by atoms with Gasteiger partial charge in [-0.2, -0.15) is 5.10 Å². The van der Waals surface area contributed by atoms with Crippen molar-refractivity contribution in [3.05, 3.63) is 48.0 Å². The van der Waals surface area contributed by atoms with Crippen molar-refractivity contribution < 1.29 is 9.53 Å². The summed E-state index contributed by atoms with van der Waals surface area (Å²) in [5.74, 6) is -0.0119. The van der Waals surface area contributed by atoms with Gasteiger partial charge < -0.3 is 9.64 Å². The molecule has 0 N–H and O–H groups in total. The van der Waals surface area contributed by atoms with Crippen LogP contribution in [-0.2, 0) is 17.8 Å². The van der Waals surface area contributed by atoms with Crippen LogP contribution in [0.2, 0.25) is 0 Å². The summed E-state index contributed by atoms with van der Waals surface area (Å²) < 4.78 is 7.51. The second-order valence-corrected chi connectivity index (χ2v) is 6.08. The van der Waals surface area contributed by atoms with Gasteiger partial charge in [0.1, 0.15) is 5.69 Å². The SMILES string of the molecule is CCCn1nccc1C(=O)N(Cc1ccccn1)C[C@@H]1CCCO1. The summed E-state index contributed by atoms with van der Waals surface area (Å²) in [6.45, 7) is 4.67. The molecule has 1 aliphatic rings. The van der Waals surface area contributed by atoms with Crippen molar-refractivity contribution in [3.8, 4) is 0 Å². The van der Waals surface area contributed by atoms with Gasteiger partial charge in [0.25, 0.3) is 5.91 Å². The summed E-state index contributed by atoms with van der Waals surface area (Å²) in [6.07, 6.45) is 6.55. The van der Waals surface area contributed by atoms with Gasteiger partial charge in [0.2, 0.25) is 0 Å². The van der Waals surface area contributed by atoms with E-state index in [1.54, 1.807) is 23.1 Å². The molecule has 0 radical (unpaired) electrons. The van der Waals surface area contributed by atoms with Gasteiger partial charge in [-0.05, 0) is 37.5 Å². The van der Waals surface area contributed by atoms with Gasteiger partial charge in [-0.25, -0.2) is 0 Å². The van der Waals surface area contributed by atoms with Gasteiger partial charge >= 0.3 is 0 Å². The maximum absolute atomic E-state index is 13.1. The Balaban J connectivity index is 1.79.